The molecule has 6 rings (SSSR count). The van der Waals surface area contributed by atoms with Crippen LogP contribution in [0.3, 0.4) is 0 Å². The van der Waals surface area contributed by atoms with Gasteiger partial charge in [0.2, 0.25) is 23.6 Å². The number of rotatable bonds is 8. The molecule has 1 aliphatic heterocycles. The van der Waals surface area contributed by atoms with Gasteiger partial charge in [-0.05, 0) is 68.9 Å². The van der Waals surface area contributed by atoms with Crippen LogP contribution in [0.1, 0.15) is 76.6 Å². The topological polar surface area (TPSA) is 107 Å². The summed E-state index contributed by atoms with van der Waals surface area (Å²) in [5.41, 5.74) is 0.179. The number of fused-ring (bicyclic) bond motifs is 1. The number of hydrogen-bond acceptors (Lipinski definition) is 4. The quantitative estimate of drug-likeness (QED) is 0.467. The van der Waals surface area contributed by atoms with E-state index in [2.05, 4.69) is 20.6 Å². The molecule has 2 heterocycles. The third kappa shape index (κ3) is 5.12. The van der Waals surface area contributed by atoms with E-state index in [0.29, 0.717) is 36.6 Å². The summed E-state index contributed by atoms with van der Waals surface area (Å²) in [7, 11) is 0. The molecule has 1 saturated heterocycles. The van der Waals surface area contributed by atoms with Crippen LogP contribution in [0.5, 0.6) is 0 Å². The molecule has 4 aliphatic rings. The maximum absolute atomic E-state index is 14.1. The fraction of sp³-hybridized carbons (Fsp3) is 0.643. The van der Waals surface area contributed by atoms with E-state index >= 15 is 0 Å². The maximum Gasteiger partial charge on any atom is 0.249 e. The Kier molecular flexibility index (Phi) is 6.38. The summed E-state index contributed by atoms with van der Waals surface area (Å²) in [5, 5.41) is 5.56. The van der Waals surface area contributed by atoms with Crippen molar-refractivity contribution in [2.75, 3.05) is 6.54 Å². The van der Waals surface area contributed by atoms with E-state index in [1.165, 1.54) is 6.07 Å². The van der Waals surface area contributed by atoms with Crippen molar-refractivity contribution in [1.82, 2.24) is 25.5 Å². The van der Waals surface area contributed by atoms with E-state index in [-0.39, 0.29) is 42.6 Å². The van der Waals surface area contributed by atoms with Crippen molar-refractivity contribution in [2.24, 2.45) is 17.3 Å². The van der Waals surface area contributed by atoms with Gasteiger partial charge in [-0.2, -0.15) is 0 Å². The summed E-state index contributed by atoms with van der Waals surface area (Å²) in [6, 6.07) is 2.94. The minimum Gasteiger partial charge on any atom is -0.345 e. The molecular weight excluding hydrogens is 511 g/mol. The van der Waals surface area contributed by atoms with Gasteiger partial charge in [0.05, 0.1) is 18.0 Å². The van der Waals surface area contributed by atoms with Gasteiger partial charge >= 0.3 is 0 Å². The Bertz CT molecular complexity index is 1290. The van der Waals surface area contributed by atoms with Gasteiger partial charge in [0.1, 0.15) is 23.2 Å². The van der Waals surface area contributed by atoms with Crippen LogP contribution in [0, 0.1) is 23.1 Å². The van der Waals surface area contributed by atoms with E-state index < -0.39 is 41.1 Å². The number of alkyl halides is 2. The first kappa shape index (κ1) is 26.1. The summed E-state index contributed by atoms with van der Waals surface area (Å²) in [4.78, 5) is 48.9. The molecule has 3 saturated carbocycles. The Morgan fingerprint density at radius 3 is 2.56 bits per heavy atom. The number of likely N-dealkylation sites (tertiary alicyclic amines) is 1. The van der Waals surface area contributed by atoms with Crippen LogP contribution in [0.4, 0.5) is 13.2 Å². The molecule has 1 aromatic heterocycles. The molecule has 39 heavy (non-hydrogen) atoms. The van der Waals surface area contributed by atoms with E-state index in [1.54, 1.807) is 19.1 Å². The standard InChI is InChI=1S/C28H34F3N5O3/c1-15(24-33-19-5-2-4-18(29)23(19)35-24)32-26(39)20(10-22(37)36-9-3-6-21(36)16-7-8-16)34-25(38)17-11-27(12-17)13-28(30,31)14-27/h2,4-5,15-17,20-21H,3,6-14H2,1H3,(H,32,39)(H,33,35)(H,34,38)/t15-,20-,21?/m0/s1. The molecule has 11 heteroatoms. The second kappa shape index (κ2) is 9.52. The summed E-state index contributed by atoms with van der Waals surface area (Å²) >= 11 is 0. The van der Waals surface area contributed by atoms with Crippen LogP contribution >= 0.6 is 0 Å². The van der Waals surface area contributed by atoms with E-state index in [4.69, 9.17) is 0 Å². The number of hydrogen-bond donors (Lipinski definition) is 3. The number of carbonyl (C=O) groups is 3. The predicted molar refractivity (Wildman–Crippen MR) is 136 cm³/mol. The molecule has 4 fully saturated rings. The van der Waals surface area contributed by atoms with Gasteiger partial charge in [-0.25, -0.2) is 18.2 Å². The van der Waals surface area contributed by atoms with Crippen LogP contribution in [-0.2, 0) is 14.4 Å². The zero-order chi connectivity index (χ0) is 27.5. The Hall–Kier alpha value is -3.11. The molecular formula is C28H34F3N5O3. The molecule has 3 amide bonds. The second-order valence-corrected chi connectivity index (χ2v) is 12.2. The highest BCUT2D eigenvalue weighted by Crippen LogP contribution is 2.64. The number of para-hydroxylation sites is 1. The van der Waals surface area contributed by atoms with Crippen LogP contribution in [0.15, 0.2) is 18.2 Å². The molecule has 1 unspecified atom stereocenters. The summed E-state index contributed by atoms with van der Waals surface area (Å²) < 4.78 is 41.0. The number of imidazole rings is 1. The van der Waals surface area contributed by atoms with Crippen molar-refractivity contribution in [3.05, 3.63) is 29.8 Å². The van der Waals surface area contributed by atoms with Crippen LogP contribution < -0.4 is 10.6 Å². The Morgan fingerprint density at radius 1 is 1.15 bits per heavy atom. The summed E-state index contributed by atoms with van der Waals surface area (Å²) in [5.74, 6) is -3.81. The number of aromatic nitrogens is 2. The minimum atomic E-state index is -2.65. The monoisotopic (exact) mass is 545 g/mol. The van der Waals surface area contributed by atoms with E-state index in [0.717, 1.165) is 25.7 Å². The SMILES string of the molecule is C[C@H](NC(=O)[C@H](CC(=O)N1CCCC1C1CC1)NC(=O)C1CC2(C1)CC(F)(F)C2)c1nc2cccc(F)c2[nH]1. The smallest absolute Gasteiger partial charge is 0.249 e. The van der Waals surface area contributed by atoms with Gasteiger partial charge in [0.25, 0.3) is 0 Å². The van der Waals surface area contributed by atoms with Crippen LogP contribution in [0.2, 0.25) is 0 Å². The fourth-order valence-electron chi connectivity index (χ4n) is 6.97. The normalized spacial score (nSPS) is 25.1. The first-order chi connectivity index (χ1) is 18.5. The number of amides is 3. The number of nitrogens with zero attached hydrogens (tertiary/aromatic N) is 2. The van der Waals surface area contributed by atoms with Crippen molar-refractivity contribution < 1.29 is 27.6 Å². The molecule has 0 radical (unpaired) electrons. The lowest BCUT2D eigenvalue weighted by Crippen LogP contribution is -2.58. The molecule has 1 spiro atoms. The zero-order valence-electron chi connectivity index (χ0n) is 21.9. The minimum absolute atomic E-state index is 0.174. The number of aromatic amines is 1. The van der Waals surface area contributed by atoms with E-state index in [9.17, 15) is 27.6 Å². The van der Waals surface area contributed by atoms with Gasteiger partial charge in [0.15, 0.2) is 0 Å². The molecule has 3 N–H and O–H groups in total. The first-order valence-corrected chi connectivity index (χ1v) is 13.9. The molecule has 8 nitrogen and oxygen atoms in total. The van der Waals surface area contributed by atoms with Gasteiger partial charge in [-0.3, -0.25) is 14.4 Å². The Labute approximate surface area is 224 Å². The first-order valence-electron chi connectivity index (χ1n) is 13.9. The van der Waals surface area contributed by atoms with Crippen LogP contribution in [0.25, 0.3) is 11.0 Å². The largest absolute Gasteiger partial charge is 0.345 e. The number of nitrogens with one attached hydrogen (secondary N) is 3. The van der Waals surface area contributed by atoms with Crippen molar-refractivity contribution in [3.63, 3.8) is 0 Å². The summed E-state index contributed by atoms with van der Waals surface area (Å²) in [6.07, 6.45) is 4.25. The number of halogens is 3. The molecule has 210 valence electrons. The van der Waals surface area contributed by atoms with Crippen LogP contribution in [-0.4, -0.2) is 57.1 Å². The third-order valence-electron chi connectivity index (χ3n) is 9.05. The van der Waals surface area contributed by atoms with Crippen molar-refractivity contribution in [1.29, 1.82) is 0 Å². The fourth-order valence-corrected chi connectivity index (χ4v) is 6.97. The Balaban J connectivity index is 1.14. The highest BCUT2D eigenvalue weighted by atomic mass is 19.3. The Morgan fingerprint density at radius 2 is 1.90 bits per heavy atom. The highest BCUT2D eigenvalue weighted by molar-refractivity contribution is 5.93. The van der Waals surface area contributed by atoms with Crippen molar-refractivity contribution in [3.8, 4) is 0 Å². The van der Waals surface area contributed by atoms with Crippen molar-refractivity contribution in [2.45, 2.75) is 88.8 Å². The van der Waals surface area contributed by atoms with Gasteiger partial charge in [-0.15, -0.1) is 0 Å². The maximum atomic E-state index is 14.1. The average Bonchev–Trinajstić information content (AvgIpc) is 3.38. The lowest BCUT2D eigenvalue weighted by molar-refractivity contribution is -0.207. The number of H-pyrrole nitrogens is 1. The van der Waals surface area contributed by atoms with Crippen molar-refractivity contribution >= 4 is 28.8 Å². The average molecular weight is 546 g/mol. The molecule has 3 aliphatic carbocycles. The zero-order valence-corrected chi connectivity index (χ0v) is 21.9. The number of carbonyl (C=O) groups excluding carboxylic acids is 3. The predicted octanol–water partition coefficient (Wildman–Crippen LogP) is 3.98. The highest BCUT2D eigenvalue weighted by Gasteiger charge is 2.63. The van der Waals surface area contributed by atoms with Gasteiger partial charge in [0, 0.05) is 31.3 Å². The summed E-state index contributed by atoms with van der Waals surface area (Å²) in [6.45, 7) is 2.33. The third-order valence-corrected chi connectivity index (χ3v) is 9.05. The lowest BCUT2D eigenvalue weighted by Gasteiger charge is -2.56. The molecule has 3 atom stereocenters. The van der Waals surface area contributed by atoms with Gasteiger partial charge in [-0.1, -0.05) is 6.07 Å². The molecule has 2 aromatic rings. The van der Waals surface area contributed by atoms with Gasteiger partial charge < -0.3 is 20.5 Å². The lowest BCUT2D eigenvalue weighted by atomic mass is 9.50. The molecule has 0 bridgehead atoms. The van der Waals surface area contributed by atoms with E-state index in [1.807, 2.05) is 4.90 Å². The second-order valence-electron chi connectivity index (χ2n) is 12.2. The molecule has 1 aromatic carbocycles. The number of benzene rings is 1.